The number of carboxylic acid groups (broad SMARTS) is 1. The zero-order chi connectivity index (χ0) is 14.4. The summed E-state index contributed by atoms with van der Waals surface area (Å²) in [7, 11) is 0. The molecule has 0 aliphatic rings. The molecule has 2 N–H and O–H groups in total. The summed E-state index contributed by atoms with van der Waals surface area (Å²) >= 11 is 0. The smallest absolute Gasteiger partial charge is 0.306 e. The molecule has 0 saturated heterocycles. The Kier molecular flexibility index (Phi) is 5.73. The number of hydrogen-bond donors (Lipinski definition) is 2. The lowest BCUT2D eigenvalue weighted by Crippen LogP contribution is -2.12. The summed E-state index contributed by atoms with van der Waals surface area (Å²) in [6.45, 7) is 8.53. The molecule has 1 atom stereocenters. The van der Waals surface area contributed by atoms with Crippen molar-refractivity contribution >= 4 is 11.8 Å². The highest BCUT2D eigenvalue weighted by Crippen LogP contribution is 2.14. The van der Waals surface area contributed by atoms with Crippen LogP contribution in [0.25, 0.3) is 0 Å². The molecule has 1 aromatic heterocycles. The summed E-state index contributed by atoms with van der Waals surface area (Å²) in [5.74, 6) is 0.924. The second-order valence-corrected chi connectivity index (χ2v) is 5.22. The van der Waals surface area contributed by atoms with Gasteiger partial charge in [-0.15, -0.1) is 0 Å². The molecular weight excluding hydrogens is 242 g/mol. The van der Waals surface area contributed by atoms with Crippen molar-refractivity contribution in [3.63, 3.8) is 0 Å². The van der Waals surface area contributed by atoms with E-state index in [0.29, 0.717) is 12.3 Å². The van der Waals surface area contributed by atoms with E-state index < -0.39 is 5.97 Å². The molecule has 0 fully saturated rings. The number of rotatable bonds is 7. The third-order valence-corrected chi connectivity index (χ3v) is 2.93. The largest absolute Gasteiger partial charge is 0.481 e. The van der Waals surface area contributed by atoms with E-state index in [-0.39, 0.29) is 5.92 Å². The summed E-state index contributed by atoms with van der Waals surface area (Å²) in [6, 6.07) is 1.91. The average Bonchev–Trinajstić information content (AvgIpc) is 2.33. The van der Waals surface area contributed by atoms with Crippen LogP contribution in [0.5, 0.6) is 0 Å². The van der Waals surface area contributed by atoms with E-state index in [1.165, 1.54) is 0 Å². The SMILES string of the molecule is Cc1cc(NCCCC(C)C(=O)O)nc(C(C)C)n1. The Morgan fingerprint density at radius 1 is 1.37 bits per heavy atom. The van der Waals surface area contributed by atoms with Crippen molar-refractivity contribution < 1.29 is 9.90 Å². The molecule has 0 bridgehead atoms. The van der Waals surface area contributed by atoms with Crippen molar-refractivity contribution in [1.82, 2.24) is 9.97 Å². The van der Waals surface area contributed by atoms with Gasteiger partial charge in [0.2, 0.25) is 0 Å². The van der Waals surface area contributed by atoms with Crippen LogP contribution in [0.2, 0.25) is 0 Å². The first kappa shape index (κ1) is 15.4. The molecule has 0 saturated carbocycles. The molecule has 0 amide bonds. The first-order valence-corrected chi connectivity index (χ1v) is 6.72. The highest BCUT2D eigenvalue weighted by Gasteiger charge is 2.10. The van der Waals surface area contributed by atoms with Gasteiger partial charge in [0.05, 0.1) is 5.92 Å². The van der Waals surface area contributed by atoms with Gasteiger partial charge in [0.15, 0.2) is 0 Å². The first-order valence-electron chi connectivity index (χ1n) is 6.72. The molecule has 1 rings (SSSR count). The Balaban J connectivity index is 2.47. The maximum absolute atomic E-state index is 10.7. The van der Waals surface area contributed by atoms with Crippen LogP contribution in [0, 0.1) is 12.8 Å². The quantitative estimate of drug-likeness (QED) is 0.741. The van der Waals surface area contributed by atoms with Crippen molar-refractivity contribution in [1.29, 1.82) is 0 Å². The summed E-state index contributed by atoms with van der Waals surface area (Å²) < 4.78 is 0. The molecule has 0 spiro atoms. The number of carbonyl (C=O) groups is 1. The van der Waals surface area contributed by atoms with Crippen molar-refractivity contribution in [2.75, 3.05) is 11.9 Å². The van der Waals surface area contributed by atoms with Crippen LogP contribution in [0.1, 0.15) is 51.0 Å². The monoisotopic (exact) mass is 265 g/mol. The highest BCUT2D eigenvalue weighted by molar-refractivity contribution is 5.69. The van der Waals surface area contributed by atoms with Crippen LogP contribution < -0.4 is 5.32 Å². The Labute approximate surface area is 114 Å². The number of nitrogens with zero attached hydrogens (tertiary/aromatic N) is 2. The Bertz CT molecular complexity index is 433. The average molecular weight is 265 g/mol. The van der Waals surface area contributed by atoms with E-state index in [1.54, 1.807) is 6.92 Å². The molecule has 0 aliphatic heterocycles. The van der Waals surface area contributed by atoms with E-state index >= 15 is 0 Å². The van der Waals surface area contributed by atoms with Crippen molar-refractivity contribution in [2.45, 2.75) is 46.5 Å². The van der Waals surface area contributed by atoms with Crippen LogP contribution in [0.4, 0.5) is 5.82 Å². The molecule has 1 unspecified atom stereocenters. The van der Waals surface area contributed by atoms with Crippen LogP contribution in [0.15, 0.2) is 6.07 Å². The van der Waals surface area contributed by atoms with Gasteiger partial charge in [0.1, 0.15) is 11.6 Å². The molecule has 5 heteroatoms. The lowest BCUT2D eigenvalue weighted by molar-refractivity contribution is -0.141. The van der Waals surface area contributed by atoms with Crippen LogP contribution in [-0.2, 0) is 4.79 Å². The van der Waals surface area contributed by atoms with Gasteiger partial charge in [0.25, 0.3) is 0 Å². The van der Waals surface area contributed by atoms with E-state index in [2.05, 4.69) is 29.1 Å². The van der Waals surface area contributed by atoms with Crippen molar-refractivity contribution in [3.8, 4) is 0 Å². The number of anilines is 1. The van der Waals surface area contributed by atoms with E-state index in [4.69, 9.17) is 5.11 Å². The third-order valence-electron chi connectivity index (χ3n) is 2.93. The number of hydrogen-bond acceptors (Lipinski definition) is 4. The molecule has 106 valence electrons. The number of aryl methyl sites for hydroxylation is 1. The molecule has 1 aromatic rings. The summed E-state index contributed by atoms with van der Waals surface area (Å²) in [5.41, 5.74) is 0.945. The fraction of sp³-hybridized carbons (Fsp3) is 0.643. The maximum atomic E-state index is 10.7. The standard InChI is InChI=1S/C14H23N3O2/c1-9(2)13-16-11(4)8-12(17-13)15-7-5-6-10(3)14(18)19/h8-10H,5-7H2,1-4H3,(H,18,19)(H,15,16,17). The Morgan fingerprint density at radius 2 is 2.05 bits per heavy atom. The van der Waals surface area contributed by atoms with Crippen LogP contribution in [-0.4, -0.2) is 27.6 Å². The molecule has 5 nitrogen and oxygen atoms in total. The van der Waals surface area contributed by atoms with Crippen LogP contribution >= 0.6 is 0 Å². The molecule has 0 radical (unpaired) electrons. The number of nitrogens with one attached hydrogen (secondary N) is 1. The fourth-order valence-corrected chi connectivity index (χ4v) is 1.69. The second kappa shape index (κ2) is 7.07. The lowest BCUT2D eigenvalue weighted by Gasteiger charge is -2.11. The zero-order valence-corrected chi connectivity index (χ0v) is 12.1. The summed E-state index contributed by atoms with van der Waals surface area (Å²) in [6.07, 6.45) is 1.48. The van der Waals surface area contributed by atoms with Gasteiger partial charge in [0, 0.05) is 24.2 Å². The predicted octanol–water partition coefficient (Wildman–Crippen LogP) is 2.82. The van der Waals surface area contributed by atoms with Gasteiger partial charge in [-0.25, -0.2) is 9.97 Å². The number of carboxylic acids is 1. The third kappa shape index (κ3) is 5.24. The van der Waals surface area contributed by atoms with E-state index in [9.17, 15) is 4.79 Å². The van der Waals surface area contributed by atoms with Gasteiger partial charge >= 0.3 is 5.97 Å². The van der Waals surface area contributed by atoms with E-state index in [0.717, 1.165) is 30.3 Å². The number of aliphatic carboxylic acids is 1. The minimum atomic E-state index is -0.736. The van der Waals surface area contributed by atoms with Crippen molar-refractivity contribution in [2.24, 2.45) is 5.92 Å². The molecule has 0 aromatic carbocycles. The fourth-order valence-electron chi connectivity index (χ4n) is 1.69. The first-order chi connectivity index (χ1) is 8.90. The summed E-state index contributed by atoms with van der Waals surface area (Å²) in [4.78, 5) is 19.5. The van der Waals surface area contributed by atoms with Gasteiger partial charge < -0.3 is 10.4 Å². The molecular formula is C14H23N3O2. The number of aromatic nitrogens is 2. The normalized spacial score (nSPS) is 12.5. The Hall–Kier alpha value is -1.65. The van der Waals surface area contributed by atoms with Gasteiger partial charge in [-0.2, -0.15) is 0 Å². The highest BCUT2D eigenvalue weighted by atomic mass is 16.4. The van der Waals surface area contributed by atoms with Gasteiger partial charge in [-0.3, -0.25) is 4.79 Å². The molecule has 0 aliphatic carbocycles. The minimum absolute atomic E-state index is 0.292. The molecule has 1 heterocycles. The maximum Gasteiger partial charge on any atom is 0.306 e. The van der Waals surface area contributed by atoms with Gasteiger partial charge in [-0.1, -0.05) is 20.8 Å². The summed E-state index contributed by atoms with van der Waals surface area (Å²) in [5, 5.41) is 12.0. The van der Waals surface area contributed by atoms with E-state index in [1.807, 2.05) is 13.0 Å². The topological polar surface area (TPSA) is 75.1 Å². The molecule has 19 heavy (non-hydrogen) atoms. The predicted molar refractivity (Wildman–Crippen MR) is 75.4 cm³/mol. The van der Waals surface area contributed by atoms with Crippen LogP contribution in [0.3, 0.4) is 0 Å². The zero-order valence-electron chi connectivity index (χ0n) is 12.1. The Morgan fingerprint density at radius 3 is 2.63 bits per heavy atom. The lowest BCUT2D eigenvalue weighted by atomic mass is 10.1. The minimum Gasteiger partial charge on any atom is -0.481 e. The van der Waals surface area contributed by atoms with Crippen molar-refractivity contribution in [3.05, 3.63) is 17.6 Å². The van der Waals surface area contributed by atoms with Gasteiger partial charge in [-0.05, 0) is 19.8 Å². The second-order valence-electron chi connectivity index (χ2n) is 5.22.